The fourth-order valence-electron chi connectivity index (χ4n) is 1.30. The van der Waals surface area contributed by atoms with Crippen molar-refractivity contribution in [3.05, 3.63) is 34.2 Å². The van der Waals surface area contributed by atoms with Crippen LogP contribution < -0.4 is 5.56 Å². The molecule has 0 aliphatic carbocycles. The summed E-state index contributed by atoms with van der Waals surface area (Å²) < 4.78 is 1.83. The van der Waals surface area contributed by atoms with Crippen LogP contribution in [0.3, 0.4) is 0 Å². The second-order valence-corrected chi connectivity index (χ2v) is 3.84. The summed E-state index contributed by atoms with van der Waals surface area (Å²) in [5.41, 5.74) is 1.16. The van der Waals surface area contributed by atoms with E-state index in [2.05, 4.69) is 13.8 Å². The topological polar surface area (TPSA) is 22.0 Å². The Hall–Kier alpha value is -1.05. The van der Waals surface area contributed by atoms with Gasteiger partial charge in [-0.05, 0) is 25.3 Å². The molecule has 1 aromatic rings. The molecule has 0 spiro atoms. The molecule has 0 unspecified atom stereocenters. The highest BCUT2D eigenvalue weighted by atomic mass is 16.1. The SMILES string of the molecule is Cc1cccc(=O)n1CCC(C)C. The van der Waals surface area contributed by atoms with Crippen LogP contribution >= 0.6 is 0 Å². The normalized spacial score (nSPS) is 10.8. The summed E-state index contributed by atoms with van der Waals surface area (Å²) in [6.07, 6.45) is 1.06. The van der Waals surface area contributed by atoms with Crippen molar-refractivity contribution in [1.82, 2.24) is 4.57 Å². The lowest BCUT2D eigenvalue weighted by molar-refractivity contribution is 0.501. The van der Waals surface area contributed by atoms with E-state index in [1.165, 1.54) is 0 Å². The minimum absolute atomic E-state index is 0.112. The third-order valence-electron chi connectivity index (χ3n) is 2.20. The first-order valence-electron chi connectivity index (χ1n) is 4.77. The summed E-state index contributed by atoms with van der Waals surface area (Å²) in [5, 5.41) is 0. The van der Waals surface area contributed by atoms with Crippen LogP contribution in [0.1, 0.15) is 26.0 Å². The molecule has 2 heteroatoms. The van der Waals surface area contributed by atoms with Crippen LogP contribution in [0, 0.1) is 12.8 Å². The molecule has 72 valence electrons. The van der Waals surface area contributed by atoms with E-state index in [0.717, 1.165) is 18.7 Å². The molecule has 0 N–H and O–H groups in total. The number of aromatic nitrogens is 1. The Bertz CT molecular complexity index is 325. The molecule has 0 amide bonds. The number of pyridine rings is 1. The van der Waals surface area contributed by atoms with Gasteiger partial charge in [-0.25, -0.2) is 0 Å². The van der Waals surface area contributed by atoms with Crippen LogP contribution in [-0.4, -0.2) is 4.57 Å². The molecule has 0 atom stereocenters. The fraction of sp³-hybridized carbons (Fsp3) is 0.545. The van der Waals surface area contributed by atoms with Gasteiger partial charge >= 0.3 is 0 Å². The lowest BCUT2D eigenvalue weighted by Gasteiger charge is -2.10. The zero-order chi connectivity index (χ0) is 9.84. The summed E-state index contributed by atoms with van der Waals surface area (Å²) >= 11 is 0. The van der Waals surface area contributed by atoms with E-state index in [4.69, 9.17) is 0 Å². The Morgan fingerprint density at radius 1 is 1.38 bits per heavy atom. The van der Waals surface area contributed by atoms with Gasteiger partial charge in [-0.3, -0.25) is 4.79 Å². The third kappa shape index (κ3) is 2.72. The van der Waals surface area contributed by atoms with Gasteiger partial charge in [0.1, 0.15) is 0 Å². The van der Waals surface area contributed by atoms with Gasteiger partial charge in [-0.1, -0.05) is 19.9 Å². The summed E-state index contributed by atoms with van der Waals surface area (Å²) in [6.45, 7) is 7.15. The molecule has 0 fully saturated rings. The monoisotopic (exact) mass is 179 g/mol. The highest BCUT2D eigenvalue weighted by Crippen LogP contribution is 2.02. The van der Waals surface area contributed by atoms with Crippen LogP contribution in [0.2, 0.25) is 0 Å². The van der Waals surface area contributed by atoms with Crippen LogP contribution in [0.25, 0.3) is 0 Å². The summed E-state index contributed by atoms with van der Waals surface area (Å²) in [4.78, 5) is 11.4. The Morgan fingerprint density at radius 2 is 2.08 bits per heavy atom. The molecule has 0 aromatic carbocycles. The average Bonchev–Trinajstić information content (AvgIpc) is 2.03. The predicted molar refractivity (Wildman–Crippen MR) is 54.9 cm³/mol. The minimum Gasteiger partial charge on any atom is -0.313 e. The molecule has 0 radical (unpaired) electrons. The van der Waals surface area contributed by atoms with Crippen LogP contribution in [0.5, 0.6) is 0 Å². The van der Waals surface area contributed by atoms with Crippen molar-refractivity contribution in [2.24, 2.45) is 5.92 Å². The smallest absolute Gasteiger partial charge is 0.250 e. The van der Waals surface area contributed by atoms with Crippen LogP contribution in [-0.2, 0) is 6.54 Å². The highest BCUT2D eigenvalue weighted by molar-refractivity contribution is 5.04. The molecule has 0 saturated carbocycles. The molecule has 0 aliphatic rings. The van der Waals surface area contributed by atoms with E-state index in [1.54, 1.807) is 6.07 Å². The maximum atomic E-state index is 11.4. The highest BCUT2D eigenvalue weighted by Gasteiger charge is 2.00. The molecule has 1 rings (SSSR count). The Labute approximate surface area is 79.2 Å². The molecule has 1 aromatic heterocycles. The second kappa shape index (κ2) is 4.26. The zero-order valence-corrected chi connectivity index (χ0v) is 8.58. The average molecular weight is 179 g/mol. The first-order valence-corrected chi connectivity index (χ1v) is 4.77. The molecule has 0 saturated heterocycles. The third-order valence-corrected chi connectivity index (χ3v) is 2.20. The van der Waals surface area contributed by atoms with E-state index in [1.807, 2.05) is 23.6 Å². The first-order chi connectivity index (χ1) is 6.11. The summed E-state index contributed by atoms with van der Waals surface area (Å²) in [5.74, 6) is 0.645. The van der Waals surface area contributed by atoms with Gasteiger partial charge in [0.15, 0.2) is 0 Å². The van der Waals surface area contributed by atoms with E-state index in [9.17, 15) is 4.79 Å². The van der Waals surface area contributed by atoms with E-state index >= 15 is 0 Å². The van der Waals surface area contributed by atoms with Crippen LogP contribution in [0.15, 0.2) is 23.0 Å². The van der Waals surface area contributed by atoms with E-state index < -0.39 is 0 Å². The van der Waals surface area contributed by atoms with Crippen molar-refractivity contribution >= 4 is 0 Å². The standard InChI is InChI=1S/C11H17NO/c1-9(2)7-8-12-10(3)5-4-6-11(12)13/h4-6,9H,7-8H2,1-3H3. The molecule has 2 nitrogen and oxygen atoms in total. The quantitative estimate of drug-likeness (QED) is 0.697. The molecule has 13 heavy (non-hydrogen) atoms. The predicted octanol–water partition coefficient (Wildman–Crippen LogP) is 2.20. The van der Waals surface area contributed by atoms with Crippen molar-refractivity contribution in [2.75, 3.05) is 0 Å². The van der Waals surface area contributed by atoms with E-state index in [0.29, 0.717) is 5.92 Å². The van der Waals surface area contributed by atoms with Crippen LogP contribution in [0.4, 0.5) is 0 Å². The number of nitrogens with zero attached hydrogens (tertiary/aromatic N) is 1. The second-order valence-electron chi connectivity index (χ2n) is 3.84. The molecule has 0 bridgehead atoms. The minimum atomic E-state index is 0.112. The Morgan fingerprint density at radius 3 is 2.62 bits per heavy atom. The van der Waals surface area contributed by atoms with Gasteiger partial charge in [0.25, 0.3) is 5.56 Å². The molecular formula is C11H17NO. The fourth-order valence-corrected chi connectivity index (χ4v) is 1.30. The molecule has 0 aliphatic heterocycles. The lowest BCUT2D eigenvalue weighted by Crippen LogP contribution is -2.21. The maximum absolute atomic E-state index is 11.4. The lowest BCUT2D eigenvalue weighted by atomic mass is 10.1. The van der Waals surface area contributed by atoms with Crippen molar-refractivity contribution in [2.45, 2.75) is 33.7 Å². The van der Waals surface area contributed by atoms with Gasteiger partial charge in [-0.15, -0.1) is 0 Å². The summed E-state index contributed by atoms with van der Waals surface area (Å²) in [7, 11) is 0. The summed E-state index contributed by atoms with van der Waals surface area (Å²) in [6, 6.07) is 5.40. The van der Waals surface area contributed by atoms with E-state index in [-0.39, 0.29) is 5.56 Å². The van der Waals surface area contributed by atoms with Crippen molar-refractivity contribution in [3.63, 3.8) is 0 Å². The maximum Gasteiger partial charge on any atom is 0.250 e. The van der Waals surface area contributed by atoms with Crippen molar-refractivity contribution in [3.8, 4) is 0 Å². The van der Waals surface area contributed by atoms with Crippen molar-refractivity contribution < 1.29 is 0 Å². The van der Waals surface area contributed by atoms with Gasteiger partial charge < -0.3 is 4.57 Å². The van der Waals surface area contributed by atoms with Gasteiger partial charge in [0, 0.05) is 18.3 Å². The van der Waals surface area contributed by atoms with Gasteiger partial charge in [0.2, 0.25) is 0 Å². The number of hydrogen-bond donors (Lipinski definition) is 0. The number of aryl methyl sites for hydroxylation is 1. The van der Waals surface area contributed by atoms with Crippen molar-refractivity contribution in [1.29, 1.82) is 0 Å². The molecule has 1 heterocycles. The largest absolute Gasteiger partial charge is 0.313 e. The van der Waals surface area contributed by atoms with Gasteiger partial charge in [0.05, 0.1) is 0 Å². The molecular weight excluding hydrogens is 162 g/mol. The number of rotatable bonds is 3. The van der Waals surface area contributed by atoms with Gasteiger partial charge in [-0.2, -0.15) is 0 Å². The number of hydrogen-bond acceptors (Lipinski definition) is 1. The Balaban J connectivity index is 2.81. The first kappa shape index (κ1) is 10.0. The Kier molecular flexibility index (Phi) is 3.29. The zero-order valence-electron chi connectivity index (χ0n) is 8.58.